The van der Waals surface area contributed by atoms with Gasteiger partial charge in [0.05, 0.1) is 38.6 Å². The molecule has 0 aliphatic carbocycles. The number of hydrogen-bond acceptors (Lipinski definition) is 35. The normalized spacial score (nSPS) is 23.3. The van der Waals surface area contributed by atoms with E-state index in [-0.39, 0.29) is 42.7 Å². The lowest BCUT2D eigenvalue weighted by Crippen LogP contribution is -2.33. The van der Waals surface area contributed by atoms with Gasteiger partial charge >= 0.3 is 105 Å². The summed E-state index contributed by atoms with van der Waals surface area (Å²) in [6, 6.07) is 0. The van der Waals surface area contributed by atoms with Crippen molar-refractivity contribution < 1.29 is 196 Å². The molecule has 0 spiro atoms. The average molecular weight is 1860 g/mol. The molecule has 2 saturated heterocycles. The van der Waals surface area contributed by atoms with Crippen LogP contribution in [0.5, 0.6) is 0 Å². The van der Waals surface area contributed by atoms with Gasteiger partial charge in [-0.25, -0.2) is 63.9 Å². The predicted octanol–water partition coefficient (Wildman–Crippen LogP) is 9.45. The number of aryl methyl sites for hydroxylation is 2. The van der Waals surface area contributed by atoms with Crippen LogP contribution in [0.4, 0.5) is 0 Å². The molecule has 2 fully saturated rings. The number of azide groups is 2. The number of ether oxygens (including phenoxy) is 2. The molecule has 67 heteroatoms. The molecule has 16 N–H and O–H groups in total. The minimum atomic E-state index is -6.46. The highest BCUT2D eigenvalue weighted by atomic mass is 31.3. The van der Waals surface area contributed by atoms with Gasteiger partial charge < -0.3 is 78.4 Å². The van der Waals surface area contributed by atoms with E-state index in [9.17, 15) is 123 Å². The largest absolute Gasteiger partial charge is 0.490 e. The molecule has 55 nitrogen and oxygen atoms in total. The van der Waals surface area contributed by atoms with Crippen molar-refractivity contribution in [3.05, 3.63) is 86.1 Å². The van der Waals surface area contributed by atoms with Crippen LogP contribution in [0.2, 0.25) is 0 Å². The number of rotatable bonds is 52. The van der Waals surface area contributed by atoms with Crippen LogP contribution in [0.3, 0.4) is 0 Å². The first kappa shape index (κ1) is 105. The van der Waals surface area contributed by atoms with Crippen LogP contribution in [-0.4, -0.2) is 165 Å². The number of nitrogens with zero attached hydrogens (tertiary/aromatic N) is 8. The Hall–Kier alpha value is -2.42. The molecule has 0 radical (unpaired) electrons. The maximum Gasteiger partial charge on any atom is 0.490 e. The van der Waals surface area contributed by atoms with E-state index >= 15 is 0 Å². The number of aliphatic hydroxyl groups is 2. The average Bonchev–Trinajstić information content (AvgIpc) is 1.75. The Kier molecular flexibility index (Phi) is 44.7. The first-order chi connectivity index (χ1) is 50.8. The first-order valence-corrected chi connectivity index (χ1v) is 51.0. The molecule has 4 rings (SSSR count). The second kappa shape index (κ2) is 47.4. The fourth-order valence-electron chi connectivity index (χ4n) is 9.06. The third-order valence-corrected chi connectivity index (χ3v) is 31.5. The zero-order valence-corrected chi connectivity index (χ0v) is 69.6. The number of aromatic amines is 2. The van der Waals surface area contributed by atoms with Gasteiger partial charge in [0.1, 0.15) is 24.7 Å². The van der Waals surface area contributed by atoms with Crippen LogP contribution < -0.4 is 22.5 Å². The summed E-state index contributed by atoms with van der Waals surface area (Å²) >= 11 is 0. The Morgan fingerprint density at radius 2 is 0.694 bits per heavy atom. The summed E-state index contributed by atoms with van der Waals surface area (Å²) < 4.78 is 206. The zero-order valence-electron chi connectivity index (χ0n) is 58.9. The van der Waals surface area contributed by atoms with Gasteiger partial charge in [-0.1, -0.05) is 100 Å². The lowest BCUT2D eigenvalue weighted by molar-refractivity contribution is -0.0450. The molecular weight excluding hydrogens is 1760 g/mol. The van der Waals surface area contributed by atoms with Crippen molar-refractivity contribution in [1.82, 2.24) is 19.1 Å². The summed E-state index contributed by atoms with van der Waals surface area (Å²) in [4.78, 5) is 168. The van der Waals surface area contributed by atoms with E-state index in [1.807, 2.05) is 4.98 Å². The van der Waals surface area contributed by atoms with E-state index in [4.69, 9.17) is 40.1 Å². The number of unbranched alkanes of at least 4 members (excludes halogenated alkanes) is 16. The van der Waals surface area contributed by atoms with Crippen molar-refractivity contribution in [3.63, 3.8) is 0 Å². The highest BCUT2D eigenvalue weighted by Crippen LogP contribution is 2.76. The molecule has 111 heavy (non-hydrogen) atoms. The second-order valence-electron chi connectivity index (χ2n) is 23.4. The molecule has 17 atom stereocenters. The van der Waals surface area contributed by atoms with E-state index in [0.29, 0.717) is 52.1 Å². The SMILES string of the molecule is Cc1cn([C@H]2CC(O)[C@@H](COP(=O)(O)OP(=O)(O)OP(=O)(O)OP(=O)(O)OP(=O)(O)OP(=O)(O)OCCCCCCCCCCCN=[N+]=[N-])O2)c(=O)[nH]c1=O.Cc1cn([C@H]2CC(O)[C@@H](COP(=O)(O)OP(C)(=O)OP(C)(=O)O)O2)c(=O)[nH]c1=O.[HH].[HH].[HH].[HH].[N-]=[N+]=NCCCCCCCCCCCOP(=O)(O)OP(=O)(O)OP(=O)(O)O. The monoisotopic (exact) mass is 1860 g/mol. The molecule has 0 bridgehead atoms. The third-order valence-electron chi connectivity index (χ3n) is 13.6. The highest BCUT2D eigenvalue weighted by molar-refractivity contribution is 7.73. The van der Waals surface area contributed by atoms with Crippen LogP contribution in [0.1, 0.15) is 158 Å². The number of phosphoric acid groups is 10. The van der Waals surface area contributed by atoms with Gasteiger partial charge in [-0.15, -0.1) is 0 Å². The van der Waals surface area contributed by atoms with Gasteiger partial charge in [0, 0.05) is 78.3 Å². The number of aromatic nitrogens is 4. The van der Waals surface area contributed by atoms with Crippen LogP contribution in [0, 0.1) is 13.8 Å². The molecule has 652 valence electrons. The number of hydrogen-bond donors (Lipinski definition) is 16. The summed E-state index contributed by atoms with van der Waals surface area (Å²) in [6.07, 6.45) is 9.08. The molecule has 4 heterocycles. The van der Waals surface area contributed by atoms with E-state index in [0.717, 1.165) is 98.8 Å². The topological polar surface area (TPSA) is 834 Å². The number of phosphoric ester groups is 4. The van der Waals surface area contributed by atoms with E-state index < -0.39 is 173 Å². The Morgan fingerprint density at radius 1 is 0.423 bits per heavy atom. The Labute approximate surface area is 634 Å². The molecule has 0 saturated carbocycles. The van der Waals surface area contributed by atoms with Gasteiger partial charge in [-0.3, -0.25) is 55.9 Å². The molecule has 0 amide bonds. The number of nitrogens with one attached hydrogen (secondary N) is 2. The molecule has 2 aromatic rings. The number of H-pyrrole nitrogens is 2. The summed E-state index contributed by atoms with van der Waals surface area (Å²) in [5.41, 5.74) is 13.7. The molecular formula is C44H96N10O45P12. The van der Waals surface area contributed by atoms with Crippen molar-refractivity contribution in [2.24, 2.45) is 10.2 Å². The summed E-state index contributed by atoms with van der Waals surface area (Å²) in [6.45, 7) is 2.67. The lowest BCUT2D eigenvalue weighted by Gasteiger charge is -2.21. The molecule has 2 aliphatic heterocycles. The van der Waals surface area contributed by atoms with Crippen LogP contribution in [0.15, 0.2) is 41.8 Å². The minimum absolute atomic E-state index is 0. The third kappa shape index (κ3) is 47.1. The minimum Gasteiger partial charge on any atom is -0.390 e. The Balaban J connectivity index is -0.00000177. The summed E-state index contributed by atoms with van der Waals surface area (Å²) in [7, 11) is -66.2. The Bertz CT molecular complexity index is 4340. The fraction of sp³-hybridized carbons (Fsp3) is 0.818. The number of aliphatic hydroxyl groups excluding tert-OH is 2. The van der Waals surface area contributed by atoms with E-state index in [2.05, 4.69) is 81.9 Å². The maximum absolute atomic E-state index is 12.2. The van der Waals surface area contributed by atoms with Crippen molar-refractivity contribution in [2.75, 3.05) is 52.8 Å². The van der Waals surface area contributed by atoms with Gasteiger partial charge in [-0.05, 0) is 50.6 Å². The second-order valence-corrected chi connectivity index (χ2v) is 42.8. The quantitative estimate of drug-likeness (QED) is 0.00963. The van der Waals surface area contributed by atoms with Crippen molar-refractivity contribution in [3.8, 4) is 0 Å². The van der Waals surface area contributed by atoms with Crippen LogP contribution in [0.25, 0.3) is 20.9 Å². The molecule has 13 unspecified atom stereocenters. The summed E-state index contributed by atoms with van der Waals surface area (Å²) in [5, 5.41) is 27.2. The smallest absolute Gasteiger partial charge is 0.390 e. The molecule has 2 aromatic heterocycles. The first-order valence-electron chi connectivity index (χ1n) is 32.0. The van der Waals surface area contributed by atoms with Gasteiger partial charge in [0.25, 0.3) is 11.1 Å². The molecule has 0 aromatic carbocycles. The van der Waals surface area contributed by atoms with Crippen LogP contribution >= 0.6 is 93.4 Å². The van der Waals surface area contributed by atoms with Crippen molar-refractivity contribution in [2.45, 2.75) is 179 Å². The van der Waals surface area contributed by atoms with Gasteiger partial charge in [0.2, 0.25) is 0 Å². The highest BCUT2D eigenvalue weighted by Gasteiger charge is 2.51. The predicted molar refractivity (Wildman–Crippen MR) is 384 cm³/mol. The zero-order chi connectivity index (χ0) is 84.7. The Morgan fingerprint density at radius 3 is 0.991 bits per heavy atom. The van der Waals surface area contributed by atoms with Gasteiger partial charge in [-0.2, -0.15) is 30.2 Å². The van der Waals surface area contributed by atoms with Gasteiger partial charge in [0.15, 0.2) is 0 Å². The maximum atomic E-state index is 12.2. The lowest BCUT2D eigenvalue weighted by atomic mass is 10.1. The van der Waals surface area contributed by atoms with E-state index in [1.165, 1.54) is 20.0 Å². The van der Waals surface area contributed by atoms with Crippen molar-refractivity contribution >= 4 is 93.4 Å². The summed E-state index contributed by atoms with van der Waals surface area (Å²) in [5.74, 6) is 0. The standard InChI is InChI=1S/C21H41N5O23P6.C12H21N2O12P3.C11H26N3O10P3.4H2/c1-16-14-26(21(29)24-20(16)28)19-13-17(27)18(44-19)15-43-51(32,33)46-53(36,37)48-55(40,41)49-54(38,39)47-52(34,35)45-50(30,31)42-12-10-8-6-4-2-3-5-7-9-11-23-25-22;1-7-5-14(12(17)13-11(7)16)10-4-8(15)9(24-10)6-23-29(21,22)26-28(3,20)25-27(2,18)19;12-14-13-10-8-6-4-2-1-3-5-7-9-11-22-26(18,19)24-27(20,21)23-25(15,16)17;;;;/h14,17-19,27H,2-13,15H2,1H3,(H,30,31)(H,32,33)(H,34,35)(H,36,37)(H,38,39)(H,40,41)(H,24,28,29);5,8-10,15H,4,6H2,1-3H3,(H,18,19)(H,21,22)(H,13,16,17);1-11H2,(H,18,19)(H,20,21)(H2,15,16,17);4*1H/t17?,18-,19-;8?,9-,10-,28?;;;;;/m11...../s1. The fourth-order valence-corrected chi connectivity index (χ4v) is 24.6. The van der Waals surface area contributed by atoms with Crippen LogP contribution in [-0.2, 0) is 121 Å². The molecule has 2 aliphatic rings. The van der Waals surface area contributed by atoms with E-state index in [1.54, 1.807) is 0 Å². The van der Waals surface area contributed by atoms with Crippen molar-refractivity contribution in [1.29, 1.82) is 0 Å².